The van der Waals surface area contributed by atoms with Crippen molar-refractivity contribution in [3.8, 4) is 0 Å². The van der Waals surface area contributed by atoms with Gasteiger partial charge in [-0.2, -0.15) is 0 Å². The van der Waals surface area contributed by atoms with E-state index in [9.17, 15) is 19.1 Å². The number of rotatable bonds is 8. The van der Waals surface area contributed by atoms with Crippen LogP contribution in [0.5, 0.6) is 0 Å². The molecule has 2 N–H and O–H groups in total. The summed E-state index contributed by atoms with van der Waals surface area (Å²) in [6, 6.07) is 15.9. The normalized spacial score (nSPS) is 13.9. The van der Waals surface area contributed by atoms with Crippen molar-refractivity contribution < 1.29 is 28.6 Å². The van der Waals surface area contributed by atoms with Crippen LogP contribution < -0.4 is 0 Å². The number of carbonyl (C=O) groups excluding carboxylic acids is 2. The van der Waals surface area contributed by atoms with Crippen LogP contribution in [0.2, 0.25) is 0 Å². The maximum Gasteiger partial charge on any atom is 0.338 e. The van der Waals surface area contributed by atoms with Gasteiger partial charge in [0.25, 0.3) is 0 Å². The largest absolute Gasteiger partial charge is 0.459 e. The van der Waals surface area contributed by atoms with E-state index in [1.807, 2.05) is 0 Å². The van der Waals surface area contributed by atoms with Crippen LogP contribution in [0.1, 0.15) is 20.7 Å². The zero-order chi connectivity index (χ0) is 18.9. The number of halogens is 1. The van der Waals surface area contributed by atoms with Crippen molar-refractivity contribution in [1.29, 1.82) is 5.41 Å². The highest BCUT2D eigenvalue weighted by molar-refractivity contribution is 5.90. The Morgan fingerprint density at radius 2 is 1.50 bits per heavy atom. The summed E-state index contributed by atoms with van der Waals surface area (Å²) in [7, 11) is 0. The van der Waals surface area contributed by atoms with E-state index in [1.165, 1.54) is 24.3 Å². The molecule has 0 aliphatic carbocycles. The average molecular weight is 359 g/mol. The number of aliphatic hydroxyl groups excluding tert-OH is 1. The molecule has 0 aromatic heterocycles. The van der Waals surface area contributed by atoms with Gasteiger partial charge >= 0.3 is 11.9 Å². The van der Waals surface area contributed by atoms with Crippen molar-refractivity contribution >= 4 is 18.2 Å². The molecule has 0 spiro atoms. The first-order chi connectivity index (χ1) is 12.5. The maximum atomic E-state index is 13.9. The topological polar surface area (TPSA) is 96.7 Å². The summed E-state index contributed by atoms with van der Waals surface area (Å²) in [6.07, 6.45) is -4.95. The van der Waals surface area contributed by atoms with Crippen LogP contribution in [0.4, 0.5) is 4.39 Å². The predicted molar refractivity (Wildman–Crippen MR) is 92.1 cm³/mol. The third kappa shape index (κ3) is 5.22. The third-order valence-corrected chi connectivity index (χ3v) is 3.50. The van der Waals surface area contributed by atoms with E-state index < -0.39 is 36.9 Å². The minimum Gasteiger partial charge on any atom is -0.459 e. The van der Waals surface area contributed by atoms with Crippen LogP contribution in [0.15, 0.2) is 60.7 Å². The second kappa shape index (κ2) is 9.43. The molecule has 0 aliphatic rings. The monoisotopic (exact) mass is 359 g/mol. The molecule has 2 aromatic rings. The van der Waals surface area contributed by atoms with Gasteiger partial charge in [-0.05, 0) is 24.3 Å². The summed E-state index contributed by atoms with van der Waals surface area (Å²) >= 11 is 0. The third-order valence-electron chi connectivity index (χ3n) is 3.50. The lowest BCUT2D eigenvalue weighted by atomic mass is 10.1. The van der Waals surface area contributed by atoms with E-state index in [2.05, 4.69) is 0 Å². The van der Waals surface area contributed by atoms with Gasteiger partial charge in [-0.15, -0.1) is 0 Å². The number of benzene rings is 2. The van der Waals surface area contributed by atoms with Gasteiger partial charge in [0.05, 0.1) is 11.1 Å². The molecule has 136 valence electrons. The molecule has 0 saturated carbocycles. The summed E-state index contributed by atoms with van der Waals surface area (Å²) in [4.78, 5) is 23.9. The SMILES string of the molecule is N=C[C@@H](F)[C@H](OC(=O)c1ccccc1)[C@@H](O)COC(=O)c1ccccc1. The zero-order valence-corrected chi connectivity index (χ0v) is 13.7. The first kappa shape index (κ1) is 19.3. The highest BCUT2D eigenvalue weighted by Crippen LogP contribution is 2.13. The number of alkyl halides is 1. The van der Waals surface area contributed by atoms with E-state index in [-0.39, 0.29) is 11.1 Å². The molecule has 0 heterocycles. The molecule has 6 nitrogen and oxygen atoms in total. The van der Waals surface area contributed by atoms with Gasteiger partial charge in [0.2, 0.25) is 0 Å². The van der Waals surface area contributed by atoms with Crippen LogP contribution >= 0.6 is 0 Å². The van der Waals surface area contributed by atoms with Crippen molar-refractivity contribution in [2.24, 2.45) is 0 Å². The predicted octanol–water partition coefficient (Wildman–Crippen LogP) is 2.42. The van der Waals surface area contributed by atoms with Crippen LogP contribution in [0.25, 0.3) is 0 Å². The van der Waals surface area contributed by atoms with Gasteiger partial charge in [0.1, 0.15) is 12.7 Å². The lowest BCUT2D eigenvalue weighted by Gasteiger charge is -2.24. The molecular formula is C19H18FNO5. The molecule has 2 rings (SSSR count). The van der Waals surface area contributed by atoms with Crippen molar-refractivity contribution in [3.63, 3.8) is 0 Å². The Morgan fingerprint density at radius 1 is 1.00 bits per heavy atom. The number of esters is 2. The van der Waals surface area contributed by atoms with E-state index in [0.29, 0.717) is 6.21 Å². The molecule has 3 atom stereocenters. The van der Waals surface area contributed by atoms with Crippen molar-refractivity contribution in [1.82, 2.24) is 0 Å². The zero-order valence-electron chi connectivity index (χ0n) is 13.7. The Balaban J connectivity index is 2.00. The first-order valence-electron chi connectivity index (χ1n) is 7.84. The molecule has 0 saturated heterocycles. The molecule has 0 aliphatic heterocycles. The Labute approximate surface area is 149 Å². The van der Waals surface area contributed by atoms with Gasteiger partial charge in [0.15, 0.2) is 12.3 Å². The second-order valence-corrected chi connectivity index (χ2v) is 5.38. The number of nitrogens with one attached hydrogen (secondary N) is 1. The minimum atomic E-state index is -2.05. The molecule has 7 heteroatoms. The molecule has 0 fully saturated rings. The van der Waals surface area contributed by atoms with Crippen LogP contribution in [0.3, 0.4) is 0 Å². The fraction of sp³-hybridized carbons (Fsp3) is 0.211. The molecular weight excluding hydrogens is 341 g/mol. The molecule has 0 amide bonds. The van der Waals surface area contributed by atoms with Gasteiger partial charge in [-0.3, -0.25) is 0 Å². The van der Waals surface area contributed by atoms with E-state index in [4.69, 9.17) is 14.9 Å². The Morgan fingerprint density at radius 3 is 2.00 bits per heavy atom. The second-order valence-electron chi connectivity index (χ2n) is 5.38. The Hall–Kier alpha value is -3.06. The van der Waals surface area contributed by atoms with Crippen molar-refractivity contribution in [2.45, 2.75) is 18.4 Å². The van der Waals surface area contributed by atoms with E-state index >= 15 is 0 Å². The molecule has 26 heavy (non-hydrogen) atoms. The van der Waals surface area contributed by atoms with Crippen LogP contribution in [0, 0.1) is 5.41 Å². The summed E-state index contributed by atoms with van der Waals surface area (Å²) in [5, 5.41) is 17.1. The quantitative estimate of drug-likeness (QED) is 0.557. The summed E-state index contributed by atoms with van der Waals surface area (Å²) < 4.78 is 23.9. The number of carbonyl (C=O) groups is 2. The smallest absolute Gasteiger partial charge is 0.338 e. The maximum absolute atomic E-state index is 13.9. The van der Waals surface area contributed by atoms with Crippen molar-refractivity contribution in [3.05, 3.63) is 71.8 Å². The minimum absolute atomic E-state index is 0.170. The van der Waals surface area contributed by atoms with Gasteiger partial charge in [-0.1, -0.05) is 36.4 Å². The van der Waals surface area contributed by atoms with Gasteiger partial charge < -0.3 is 20.0 Å². The average Bonchev–Trinajstić information content (AvgIpc) is 2.70. The van der Waals surface area contributed by atoms with Gasteiger partial charge in [0, 0.05) is 6.21 Å². The first-order valence-corrected chi connectivity index (χ1v) is 7.84. The number of hydrogen-bond donors (Lipinski definition) is 2. The number of aliphatic hydroxyl groups is 1. The fourth-order valence-electron chi connectivity index (χ4n) is 2.13. The van der Waals surface area contributed by atoms with E-state index in [1.54, 1.807) is 36.4 Å². The van der Waals surface area contributed by atoms with Gasteiger partial charge in [-0.25, -0.2) is 14.0 Å². The molecule has 0 unspecified atom stereocenters. The molecule has 0 radical (unpaired) electrons. The molecule has 2 aromatic carbocycles. The summed E-state index contributed by atoms with van der Waals surface area (Å²) in [6.45, 7) is -0.589. The standard InChI is InChI=1S/C19H18FNO5/c20-15(11-21)17(26-19(24)14-9-5-2-6-10-14)16(22)12-25-18(23)13-7-3-1-4-8-13/h1-11,15-17,21-22H,12H2/t15-,16+,17+/m1/s1. The Kier molecular flexibility index (Phi) is 6.99. The molecule has 0 bridgehead atoms. The van der Waals surface area contributed by atoms with E-state index in [0.717, 1.165) is 0 Å². The Bertz CT molecular complexity index is 738. The number of hydrogen-bond acceptors (Lipinski definition) is 6. The lowest BCUT2D eigenvalue weighted by Crippen LogP contribution is -2.42. The van der Waals surface area contributed by atoms with Crippen LogP contribution in [-0.4, -0.2) is 48.2 Å². The highest BCUT2D eigenvalue weighted by Gasteiger charge is 2.32. The lowest BCUT2D eigenvalue weighted by molar-refractivity contribution is -0.0591. The van der Waals surface area contributed by atoms with Crippen molar-refractivity contribution in [2.75, 3.05) is 6.61 Å². The highest BCUT2D eigenvalue weighted by atomic mass is 19.1. The summed E-state index contributed by atoms with van der Waals surface area (Å²) in [5.74, 6) is -1.56. The van der Waals surface area contributed by atoms with Crippen LogP contribution in [-0.2, 0) is 9.47 Å². The summed E-state index contributed by atoms with van der Waals surface area (Å²) in [5.41, 5.74) is 0.435. The number of ether oxygens (including phenoxy) is 2. The fourth-order valence-corrected chi connectivity index (χ4v) is 2.13.